The van der Waals surface area contributed by atoms with Crippen LogP contribution in [0.15, 0.2) is 30.3 Å². The minimum absolute atomic E-state index is 0.0313. The smallest absolute Gasteiger partial charge is 0.240 e. The highest BCUT2D eigenvalue weighted by molar-refractivity contribution is 6.20. The van der Waals surface area contributed by atoms with Gasteiger partial charge >= 0.3 is 0 Å². The van der Waals surface area contributed by atoms with Gasteiger partial charge in [0, 0.05) is 5.92 Å². The highest BCUT2D eigenvalue weighted by Gasteiger charge is 2.64. The van der Waals surface area contributed by atoms with Gasteiger partial charge in [0.05, 0.1) is 11.1 Å². The number of hydrogen-bond acceptors (Lipinski definition) is 2. The van der Waals surface area contributed by atoms with E-state index < -0.39 is 5.41 Å². The van der Waals surface area contributed by atoms with Crippen molar-refractivity contribution in [2.45, 2.75) is 33.6 Å². The first-order chi connectivity index (χ1) is 8.89. The van der Waals surface area contributed by atoms with Gasteiger partial charge in [-0.25, -0.2) is 4.90 Å². The maximum Gasteiger partial charge on any atom is 0.240 e. The SMILES string of the molecule is CC1(C)[C@H]2CC[C@]1(C)C(=O)N(c1ccccc1)C2=O. The van der Waals surface area contributed by atoms with Crippen molar-refractivity contribution < 1.29 is 9.59 Å². The second-order valence-corrected chi connectivity index (χ2v) is 6.46. The third-order valence-electron chi connectivity index (χ3n) is 5.43. The van der Waals surface area contributed by atoms with Crippen molar-refractivity contribution in [1.29, 1.82) is 0 Å². The van der Waals surface area contributed by atoms with Gasteiger partial charge in [-0.1, -0.05) is 39.0 Å². The molecule has 1 heterocycles. The lowest BCUT2D eigenvalue weighted by atomic mass is 9.62. The van der Waals surface area contributed by atoms with E-state index in [2.05, 4.69) is 13.8 Å². The van der Waals surface area contributed by atoms with E-state index in [9.17, 15) is 9.59 Å². The van der Waals surface area contributed by atoms with Crippen molar-refractivity contribution in [2.75, 3.05) is 4.90 Å². The van der Waals surface area contributed by atoms with E-state index in [4.69, 9.17) is 0 Å². The zero-order valence-electron chi connectivity index (χ0n) is 11.6. The average Bonchev–Trinajstić information content (AvgIpc) is 2.56. The van der Waals surface area contributed by atoms with Gasteiger partial charge in [0.25, 0.3) is 0 Å². The summed E-state index contributed by atoms with van der Waals surface area (Å²) >= 11 is 0. The molecule has 3 rings (SSSR count). The van der Waals surface area contributed by atoms with Crippen molar-refractivity contribution in [3.05, 3.63) is 30.3 Å². The normalized spacial score (nSPS) is 32.8. The number of imide groups is 1. The number of para-hydroxylation sites is 1. The Morgan fingerprint density at radius 3 is 2.37 bits per heavy atom. The Bertz CT molecular complexity index is 549. The van der Waals surface area contributed by atoms with Crippen LogP contribution in [0.25, 0.3) is 0 Å². The molecule has 100 valence electrons. The van der Waals surface area contributed by atoms with E-state index >= 15 is 0 Å². The molecule has 1 saturated heterocycles. The van der Waals surface area contributed by atoms with Gasteiger partial charge in [-0.3, -0.25) is 9.59 Å². The van der Waals surface area contributed by atoms with Crippen LogP contribution in [0.2, 0.25) is 0 Å². The van der Waals surface area contributed by atoms with Crippen LogP contribution in [-0.2, 0) is 9.59 Å². The van der Waals surface area contributed by atoms with Crippen LogP contribution in [0.5, 0.6) is 0 Å². The summed E-state index contributed by atoms with van der Waals surface area (Å²) in [6, 6.07) is 9.27. The van der Waals surface area contributed by atoms with E-state index in [-0.39, 0.29) is 23.1 Å². The molecular formula is C16H19NO2. The number of fused-ring (bicyclic) bond motifs is 2. The molecule has 0 spiro atoms. The monoisotopic (exact) mass is 257 g/mol. The molecule has 1 saturated carbocycles. The van der Waals surface area contributed by atoms with Gasteiger partial charge in [0.15, 0.2) is 0 Å². The molecule has 2 aliphatic rings. The molecule has 19 heavy (non-hydrogen) atoms. The van der Waals surface area contributed by atoms with Crippen LogP contribution in [0.4, 0.5) is 5.69 Å². The topological polar surface area (TPSA) is 37.4 Å². The molecule has 0 N–H and O–H groups in total. The first-order valence-electron chi connectivity index (χ1n) is 6.83. The number of carbonyl (C=O) groups excluding carboxylic acids is 2. The first-order valence-corrected chi connectivity index (χ1v) is 6.83. The van der Waals surface area contributed by atoms with Crippen molar-refractivity contribution in [2.24, 2.45) is 16.7 Å². The van der Waals surface area contributed by atoms with Crippen LogP contribution >= 0.6 is 0 Å². The van der Waals surface area contributed by atoms with Crippen LogP contribution < -0.4 is 4.90 Å². The second kappa shape index (κ2) is 3.69. The Hall–Kier alpha value is -1.64. The van der Waals surface area contributed by atoms with Crippen molar-refractivity contribution in [3.63, 3.8) is 0 Å². The van der Waals surface area contributed by atoms with Crippen molar-refractivity contribution in [1.82, 2.24) is 0 Å². The predicted molar refractivity (Wildman–Crippen MR) is 73.5 cm³/mol. The Labute approximate surface area is 113 Å². The van der Waals surface area contributed by atoms with E-state index in [1.165, 1.54) is 4.90 Å². The molecule has 2 bridgehead atoms. The van der Waals surface area contributed by atoms with Gasteiger partial charge < -0.3 is 0 Å². The zero-order valence-corrected chi connectivity index (χ0v) is 11.6. The van der Waals surface area contributed by atoms with Crippen LogP contribution in [-0.4, -0.2) is 11.8 Å². The quantitative estimate of drug-likeness (QED) is 0.725. The van der Waals surface area contributed by atoms with Gasteiger partial charge in [-0.15, -0.1) is 0 Å². The molecule has 2 amide bonds. The minimum Gasteiger partial charge on any atom is -0.274 e. The maximum absolute atomic E-state index is 12.8. The highest BCUT2D eigenvalue weighted by Crippen LogP contribution is 2.60. The summed E-state index contributed by atoms with van der Waals surface area (Å²) in [6.45, 7) is 6.13. The Balaban J connectivity index is 2.12. The van der Waals surface area contributed by atoms with Gasteiger partial charge in [-0.05, 0) is 30.4 Å². The Morgan fingerprint density at radius 1 is 1.11 bits per heavy atom. The zero-order chi connectivity index (χ0) is 13.8. The number of benzene rings is 1. The number of hydrogen-bond donors (Lipinski definition) is 0. The standard InChI is InChI=1S/C16H19NO2/c1-15(2)12-9-10-16(15,3)14(19)17(13(12)18)11-7-5-4-6-8-11/h4-8,12H,9-10H2,1-3H3/t12-,16+/m0/s1. The van der Waals surface area contributed by atoms with Crippen LogP contribution in [0.3, 0.4) is 0 Å². The minimum atomic E-state index is -0.429. The molecule has 0 unspecified atom stereocenters. The summed E-state index contributed by atoms with van der Waals surface area (Å²) in [5.74, 6) is -0.117. The lowest BCUT2D eigenvalue weighted by Gasteiger charge is -2.47. The van der Waals surface area contributed by atoms with E-state index in [0.717, 1.165) is 12.8 Å². The van der Waals surface area contributed by atoms with Crippen molar-refractivity contribution in [3.8, 4) is 0 Å². The highest BCUT2D eigenvalue weighted by atomic mass is 16.2. The lowest BCUT2D eigenvalue weighted by Crippen LogP contribution is -2.59. The lowest BCUT2D eigenvalue weighted by molar-refractivity contribution is -0.146. The molecule has 3 nitrogen and oxygen atoms in total. The summed E-state index contributed by atoms with van der Waals surface area (Å²) < 4.78 is 0. The van der Waals surface area contributed by atoms with Gasteiger partial charge in [-0.2, -0.15) is 0 Å². The summed E-state index contributed by atoms with van der Waals surface area (Å²) in [6.07, 6.45) is 1.62. The third-order valence-corrected chi connectivity index (χ3v) is 5.43. The largest absolute Gasteiger partial charge is 0.274 e. The molecule has 2 fully saturated rings. The molecule has 1 aromatic rings. The van der Waals surface area contributed by atoms with Crippen molar-refractivity contribution >= 4 is 17.5 Å². The summed E-state index contributed by atoms with van der Waals surface area (Å²) in [4.78, 5) is 26.9. The van der Waals surface area contributed by atoms with E-state index in [1.807, 2.05) is 37.3 Å². The predicted octanol–water partition coefficient (Wildman–Crippen LogP) is 3.00. The fourth-order valence-electron chi connectivity index (χ4n) is 3.64. The Kier molecular flexibility index (Phi) is 2.40. The Morgan fingerprint density at radius 2 is 1.74 bits per heavy atom. The summed E-state index contributed by atoms with van der Waals surface area (Å²) in [5.41, 5.74) is 0.0274. The third kappa shape index (κ3) is 1.38. The summed E-state index contributed by atoms with van der Waals surface area (Å²) in [5, 5.41) is 0. The van der Waals surface area contributed by atoms with Crippen LogP contribution in [0, 0.1) is 16.7 Å². The molecule has 2 atom stereocenters. The molecule has 0 radical (unpaired) electrons. The molecule has 1 aliphatic carbocycles. The fraction of sp³-hybridized carbons (Fsp3) is 0.500. The number of rotatable bonds is 1. The number of amides is 2. The summed E-state index contributed by atoms with van der Waals surface area (Å²) in [7, 11) is 0. The fourth-order valence-corrected chi connectivity index (χ4v) is 3.64. The van der Waals surface area contributed by atoms with Gasteiger partial charge in [0.2, 0.25) is 11.8 Å². The maximum atomic E-state index is 12.8. The number of anilines is 1. The second-order valence-electron chi connectivity index (χ2n) is 6.46. The number of piperidine rings is 1. The number of carbonyl (C=O) groups is 2. The van der Waals surface area contributed by atoms with Gasteiger partial charge in [0.1, 0.15) is 0 Å². The first kappa shape index (κ1) is 12.4. The van der Waals surface area contributed by atoms with E-state index in [1.54, 1.807) is 0 Å². The number of nitrogens with zero attached hydrogens (tertiary/aromatic N) is 1. The van der Waals surface area contributed by atoms with Crippen LogP contribution in [0.1, 0.15) is 33.6 Å². The molecule has 0 aromatic heterocycles. The molecule has 1 aliphatic heterocycles. The van der Waals surface area contributed by atoms with E-state index in [0.29, 0.717) is 5.69 Å². The average molecular weight is 257 g/mol. The molecular weight excluding hydrogens is 238 g/mol. The molecule has 3 heteroatoms. The molecule has 1 aromatic carbocycles.